The first-order chi connectivity index (χ1) is 19.8. The van der Waals surface area contributed by atoms with E-state index in [0.717, 1.165) is 55.1 Å². The first-order valence-electron chi connectivity index (χ1n) is 14.9. The molecular weight excluding hydrogens is 516 g/mol. The Kier molecular flexibility index (Phi) is 10.5. The summed E-state index contributed by atoms with van der Waals surface area (Å²) in [6.45, 7) is 13.6. The molecule has 0 unspecified atom stereocenters. The van der Waals surface area contributed by atoms with Gasteiger partial charge in [0, 0.05) is 67.3 Å². The van der Waals surface area contributed by atoms with E-state index in [4.69, 9.17) is 14.2 Å². The van der Waals surface area contributed by atoms with Crippen LogP contribution in [0.1, 0.15) is 71.5 Å². The summed E-state index contributed by atoms with van der Waals surface area (Å²) in [4.78, 5) is 33.0. The fourth-order valence-electron chi connectivity index (χ4n) is 5.21. The second-order valence-corrected chi connectivity index (χ2v) is 11.1. The van der Waals surface area contributed by atoms with Crippen LogP contribution in [0, 0.1) is 12.8 Å². The third-order valence-electron chi connectivity index (χ3n) is 7.68. The van der Waals surface area contributed by atoms with E-state index in [-0.39, 0.29) is 5.43 Å². The third-order valence-corrected chi connectivity index (χ3v) is 7.68. The van der Waals surface area contributed by atoms with Gasteiger partial charge >= 0.3 is 0 Å². The highest BCUT2D eigenvalue weighted by Gasteiger charge is 2.21. The smallest absolute Gasteiger partial charge is 0.229 e. The molecule has 2 N–H and O–H groups in total. The van der Waals surface area contributed by atoms with Crippen molar-refractivity contribution in [1.82, 2.24) is 19.9 Å². The molecule has 41 heavy (non-hydrogen) atoms. The zero-order valence-corrected chi connectivity index (χ0v) is 25.1. The molecule has 2 fully saturated rings. The lowest BCUT2D eigenvalue weighted by Crippen LogP contribution is -2.43. The lowest BCUT2D eigenvalue weighted by atomic mass is 10.2. The van der Waals surface area contributed by atoms with Crippen molar-refractivity contribution in [3.8, 4) is 0 Å². The van der Waals surface area contributed by atoms with E-state index in [1.165, 1.54) is 44.7 Å². The van der Waals surface area contributed by atoms with Crippen molar-refractivity contribution in [2.24, 2.45) is 5.92 Å². The summed E-state index contributed by atoms with van der Waals surface area (Å²) < 4.78 is 8.50. The van der Waals surface area contributed by atoms with Crippen molar-refractivity contribution in [3.05, 3.63) is 52.4 Å². The molecule has 1 aromatic carbocycles. The molecule has 1 saturated heterocycles. The van der Waals surface area contributed by atoms with Gasteiger partial charge in [0.15, 0.2) is 11.3 Å². The topological polar surface area (TPSA) is 105 Å². The number of hydrogen-bond acceptors (Lipinski definition) is 8. The highest BCUT2D eigenvalue weighted by molar-refractivity contribution is 5.83. The summed E-state index contributed by atoms with van der Waals surface area (Å²) in [5, 5.41) is 8.27. The molecule has 0 spiro atoms. The Labute approximate surface area is 242 Å². The van der Waals surface area contributed by atoms with Crippen molar-refractivity contribution >= 4 is 45.8 Å². The fourth-order valence-corrected chi connectivity index (χ4v) is 5.21. The third kappa shape index (κ3) is 7.52. The van der Waals surface area contributed by atoms with E-state index in [0.29, 0.717) is 28.8 Å². The minimum Gasteiger partial charge on any atom is -0.440 e. The van der Waals surface area contributed by atoms with Gasteiger partial charge in [-0.05, 0) is 50.8 Å². The molecule has 4 heterocycles. The number of nitrogens with one attached hydrogen (secondary N) is 2. The number of carbonyl (C=O) groups excluding carboxylic acids is 1. The van der Waals surface area contributed by atoms with Gasteiger partial charge in [-0.25, -0.2) is 4.98 Å². The highest BCUT2D eigenvalue weighted by atomic mass is 16.4. The summed E-state index contributed by atoms with van der Waals surface area (Å²) in [7, 11) is 0. The molecule has 6 rings (SSSR count). The zero-order chi connectivity index (χ0) is 29.4. The number of benzene rings is 1. The number of fused-ring (bicyclic) bond motifs is 2. The summed E-state index contributed by atoms with van der Waals surface area (Å²) in [6.07, 6.45) is 8.90. The molecule has 3 aromatic heterocycles. The van der Waals surface area contributed by atoms with E-state index in [2.05, 4.69) is 58.8 Å². The molecule has 1 aliphatic heterocycles. The Morgan fingerprint density at radius 3 is 2.49 bits per heavy atom. The SMILES string of the molecule is CC=O.CCC(C)C.Cc1cc2cnc(Nc3ccc4c(=O)cc(N5CCNCC5)oc4c3)nc2n1C1CCCC1. The Bertz CT molecular complexity index is 1500. The maximum absolute atomic E-state index is 12.7. The average molecular weight is 561 g/mol. The van der Waals surface area contributed by atoms with Crippen LogP contribution in [-0.4, -0.2) is 47.0 Å². The molecule has 1 saturated carbocycles. The summed E-state index contributed by atoms with van der Waals surface area (Å²) in [5.41, 5.74) is 3.53. The first-order valence-corrected chi connectivity index (χ1v) is 14.9. The van der Waals surface area contributed by atoms with E-state index in [1.54, 1.807) is 12.1 Å². The number of hydrogen-bond donors (Lipinski definition) is 2. The van der Waals surface area contributed by atoms with E-state index < -0.39 is 0 Å². The van der Waals surface area contributed by atoms with Gasteiger partial charge in [-0.3, -0.25) is 4.79 Å². The number of rotatable bonds is 5. The molecule has 9 heteroatoms. The lowest BCUT2D eigenvalue weighted by Gasteiger charge is -2.27. The number of piperazine rings is 1. The number of anilines is 3. The standard InChI is InChI=1S/C25H28N6O2.C5H12.C2H4O/c1-16-12-17-15-27-25(29-24(17)31(16)19-4-2-3-5-19)28-18-6-7-20-21(32)14-23(33-22(20)13-18)30-10-8-26-9-11-30;1-4-5(2)3;1-2-3/h6-7,12-15,19,26H,2-5,8-11H2,1H3,(H,27,28,29);5H,4H2,1-3H3;2H,1H3. The normalized spacial score (nSPS) is 15.4. The Balaban J connectivity index is 0.000000432. The van der Waals surface area contributed by atoms with Gasteiger partial charge in [0.05, 0.1) is 5.39 Å². The van der Waals surface area contributed by atoms with Crippen LogP contribution < -0.4 is 21.0 Å². The maximum Gasteiger partial charge on any atom is 0.229 e. The van der Waals surface area contributed by atoms with Crippen molar-refractivity contribution < 1.29 is 9.21 Å². The summed E-state index contributed by atoms with van der Waals surface area (Å²) in [5.74, 6) is 2.04. The Morgan fingerprint density at radius 1 is 1.15 bits per heavy atom. The first kappa shape index (κ1) is 30.2. The van der Waals surface area contributed by atoms with Gasteiger partial charge in [0.2, 0.25) is 5.95 Å². The Morgan fingerprint density at radius 2 is 1.83 bits per heavy atom. The number of aryl methyl sites for hydroxylation is 1. The predicted octanol–water partition coefficient (Wildman–Crippen LogP) is 6.37. The molecule has 9 nitrogen and oxygen atoms in total. The van der Waals surface area contributed by atoms with Crippen molar-refractivity contribution in [2.45, 2.75) is 72.8 Å². The Hall–Kier alpha value is -3.72. The largest absolute Gasteiger partial charge is 0.440 e. The van der Waals surface area contributed by atoms with Crippen LogP contribution in [0.5, 0.6) is 0 Å². The second kappa shape index (κ2) is 14.3. The van der Waals surface area contributed by atoms with Crippen molar-refractivity contribution in [2.75, 3.05) is 36.4 Å². The predicted molar refractivity (Wildman–Crippen MR) is 167 cm³/mol. The average Bonchev–Trinajstić information content (AvgIpc) is 3.61. The van der Waals surface area contributed by atoms with Gasteiger partial charge in [-0.2, -0.15) is 4.98 Å². The van der Waals surface area contributed by atoms with Crippen molar-refractivity contribution in [1.29, 1.82) is 0 Å². The van der Waals surface area contributed by atoms with Crippen LogP contribution in [0.4, 0.5) is 17.5 Å². The molecule has 1 aliphatic carbocycles. The molecule has 220 valence electrons. The number of aromatic nitrogens is 3. The maximum atomic E-state index is 12.7. The van der Waals surface area contributed by atoms with Gasteiger partial charge in [0.1, 0.15) is 17.5 Å². The second-order valence-electron chi connectivity index (χ2n) is 11.1. The fraction of sp³-hybridized carbons (Fsp3) is 0.500. The monoisotopic (exact) mass is 560 g/mol. The van der Waals surface area contributed by atoms with Gasteiger partial charge in [-0.1, -0.05) is 40.0 Å². The van der Waals surface area contributed by atoms with Crippen LogP contribution >= 0.6 is 0 Å². The van der Waals surface area contributed by atoms with E-state index in [1.807, 2.05) is 18.3 Å². The minimum atomic E-state index is -0.0288. The molecule has 2 aliphatic rings. The zero-order valence-electron chi connectivity index (χ0n) is 25.1. The van der Waals surface area contributed by atoms with Crippen LogP contribution in [0.25, 0.3) is 22.0 Å². The number of carbonyl (C=O) groups is 1. The van der Waals surface area contributed by atoms with Gasteiger partial charge in [0.25, 0.3) is 0 Å². The van der Waals surface area contributed by atoms with E-state index in [9.17, 15) is 4.79 Å². The van der Waals surface area contributed by atoms with E-state index >= 15 is 0 Å². The minimum absolute atomic E-state index is 0.0288. The van der Waals surface area contributed by atoms with Crippen LogP contribution in [0.2, 0.25) is 0 Å². The number of aldehydes is 1. The van der Waals surface area contributed by atoms with Gasteiger partial charge < -0.3 is 29.3 Å². The number of nitrogens with zero attached hydrogens (tertiary/aromatic N) is 4. The summed E-state index contributed by atoms with van der Waals surface area (Å²) in [6, 6.07) is 9.81. The van der Waals surface area contributed by atoms with Crippen LogP contribution in [0.3, 0.4) is 0 Å². The van der Waals surface area contributed by atoms with Gasteiger partial charge in [-0.15, -0.1) is 0 Å². The molecule has 0 atom stereocenters. The molecule has 4 aromatic rings. The van der Waals surface area contributed by atoms with Crippen LogP contribution in [-0.2, 0) is 4.79 Å². The lowest BCUT2D eigenvalue weighted by molar-refractivity contribution is -0.106. The van der Waals surface area contributed by atoms with Crippen molar-refractivity contribution in [3.63, 3.8) is 0 Å². The molecule has 0 amide bonds. The molecular formula is C32H44N6O3. The van der Waals surface area contributed by atoms with Crippen LogP contribution in [0.15, 0.2) is 45.7 Å². The summed E-state index contributed by atoms with van der Waals surface area (Å²) >= 11 is 0. The highest BCUT2D eigenvalue weighted by Crippen LogP contribution is 2.34. The quantitative estimate of drug-likeness (QED) is 0.271. The molecule has 0 bridgehead atoms. The molecule has 0 radical (unpaired) electrons.